The zero-order chi connectivity index (χ0) is 14.2. The van der Waals surface area contributed by atoms with Gasteiger partial charge in [-0.25, -0.2) is 9.37 Å². The summed E-state index contributed by atoms with van der Waals surface area (Å²) in [5.74, 6) is -0.541. The van der Waals surface area contributed by atoms with E-state index in [4.69, 9.17) is 17.3 Å². The number of alkyl halides is 3. The molecular formula is C11H7ClF4N2S. The van der Waals surface area contributed by atoms with E-state index in [9.17, 15) is 17.6 Å². The molecule has 1 heterocycles. The van der Waals surface area contributed by atoms with Gasteiger partial charge in [0.2, 0.25) is 0 Å². The van der Waals surface area contributed by atoms with E-state index >= 15 is 0 Å². The van der Waals surface area contributed by atoms with Crippen molar-refractivity contribution in [1.82, 2.24) is 4.98 Å². The molecule has 0 aliphatic carbocycles. The lowest BCUT2D eigenvalue weighted by Gasteiger charge is -2.11. The van der Waals surface area contributed by atoms with Crippen molar-refractivity contribution >= 4 is 22.9 Å². The fourth-order valence-electron chi connectivity index (χ4n) is 1.47. The summed E-state index contributed by atoms with van der Waals surface area (Å²) < 4.78 is 50.2. The van der Waals surface area contributed by atoms with Crippen LogP contribution in [0.15, 0.2) is 24.4 Å². The molecule has 1 unspecified atom stereocenters. The van der Waals surface area contributed by atoms with Crippen LogP contribution in [0.3, 0.4) is 0 Å². The molecule has 0 aliphatic heterocycles. The largest absolute Gasteiger partial charge is 0.443 e. The molecule has 0 fully saturated rings. The Morgan fingerprint density at radius 3 is 2.53 bits per heavy atom. The highest BCUT2D eigenvalue weighted by molar-refractivity contribution is 7.11. The van der Waals surface area contributed by atoms with Crippen molar-refractivity contribution in [3.8, 4) is 0 Å². The van der Waals surface area contributed by atoms with Crippen molar-refractivity contribution in [3.63, 3.8) is 0 Å². The van der Waals surface area contributed by atoms with E-state index in [-0.39, 0.29) is 9.90 Å². The van der Waals surface area contributed by atoms with Crippen LogP contribution in [0, 0.1) is 5.82 Å². The van der Waals surface area contributed by atoms with Gasteiger partial charge in [-0.3, -0.25) is 0 Å². The van der Waals surface area contributed by atoms with Crippen LogP contribution in [-0.2, 0) is 6.18 Å². The number of nitrogens with two attached hydrogens (primary N) is 1. The highest BCUT2D eigenvalue weighted by atomic mass is 35.5. The van der Waals surface area contributed by atoms with E-state index in [1.54, 1.807) is 0 Å². The summed E-state index contributed by atoms with van der Waals surface area (Å²) in [6.45, 7) is 0. The van der Waals surface area contributed by atoms with E-state index < -0.39 is 23.0 Å². The fourth-order valence-corrected chi connectivity index (χ4v) is 2.56. The molecule has 2 aromatic rings. The monoisotopic (exact) mass is 310 g/mol. The lowest BCUT2D eigenvalue weighted by atomic mass is 10.1. The molecular weight excluding hydrogens is 304 g/mol. The Bertz CT molecular complexity index is 597. The average Bonchev–Trinajstić information content (AvgIpc) is 2.76. The minimum atomic E-state index is -4.50. The molecule has 2 rings (SSSR count). The zero-order valence-electron chi connectivity index (χ0n) is 9.21. The molecule has 0 radical (unpaired) electrons. The van der Waals surface area contributed by atoms with E-state index in [0.29, 0.717) is 16.9 Å². The molecule has 1 aromatic carbocycles. The SMILES string of the molecule is NC(c1cnc(C(F)(F)F)s1)c1ccc(F)cc1Cl. The minimum Gasteiger partial charge on any atom is -0.320 e. The van der Waals surface area contributed by atoms with Crippen molar-refractivity contribution < 1.29 is 17.6 Å². The lowest BCUT2D eigenvalue weighted by molar-refractivity contribution is -0.137. The summed E-state index contributed by atoms with van der Waals surface area (Å²) in [4.78, 5) is 3.49. The molecule has 0 amide bonds. The fraction of sp³-hybridized carbons (Fsp3) is 0.182. The average molecular weight is 311 g/mol. The van der Waals surface area contributed by atoms with Crippen LogP contribution >= 0.6 is 22.9 Å². The van der Waals surface area contributed by atoms with Gasteiger partial charge in [-0.1, -0.05) is 17.7 Å². The van der Waals surface area contributed by atoms with E-state index in [0.717, 1.165) is 18.3 Å². The second-order valence-corrected chi connectivity index (χ2v) is 5.18. The van der Waals surface area contributed by atoms with E-state index in [2.05, 4.69) is 4.98 Å². The predicted octanol–water partition coefficient (Wildman–Crippen LogP) is 4.00. The van der Waals surface area contributed by atoms with Gasteiger partial charge in [-0.05, 0) is 17.7 Å². The number of hydrogen-bond acceptors (Lipinski definition) is 3. The highest BCUT2D eigenvalue weighted by Crippen LogP contribution is 2.36. The highest BCUT2D eigenvalue weighted by Gasteiger charge is 2.35. The molecule has 0 saturated heterocycles. The molecule has 19 heavy (non-hydrogen) atoms. The van der Waals surface area contributed by atoms with Crippen molar-refractivity contribution in [1.29, 1.82) is 0 Å². The number of nitrogens with zero attached hydrogens (tertiary/aromatic N) is 1. The zero-order valence-corrected chi connectivity index (χ0v) is 10.8. The first-order valence-corrected chi connectivity index (χ1v) is 6.22. The van der Waals surface area contributed by atoms with Gasteiger partial charge in [0.25, 0.3) is 0 Å². The van der Waals surface area contributed by atoms with E-state index in [1.165, 1.54) is 6.07 Å². The summed E-state index contributed by atoms with van der Waals surface area (Å²) >= 11 is 6.26. The number of halogens is 5. The van der Waals surface area contributed by atoms with Crippen molar-refractivity contribution in [2.75, 3.05) is 0 Å². The van der Waals surface area contributed by atoms with Gasteiger partial charge in [0, 0.05) is 16.1 Å². The molecule has 0 bridgehead atoms. The van der Waals surface area contributed by atoms with Crippen LogP contribution < -0.4 is 5.73 Å². The third-order valence-corrected chi connectivity index (χ3v) is 3.82. The summed E-state index contributed by atoms with van der Waals surface area (Å²) in [5, 5.41) is -0.911. The molecule has 0 aliphatic rings. The van der Waals surface area contributed by atoms with Gasteiger partial charge in [0.15, 0.2) is 5.01 Å². The number of rotatable bonds is 2. The van der Waals surface area contributed by atoms with Gasteiger partial charge < -0.3 is 5.73 Å². The van der Waals surface area contributed by atoms with Gasteiger partial charge >= 0.3 is 6.18 Å². The Labute approximate surface area is 114 Å². The van der Waals surface area contributed by atoms with Crippen LogP contribution in [0.25, 0.3) is 0 Å². The van der Waals surface area contributed by atoms with Gasteiger partial charge in [0.1, 0.15) is 5.82 Å². The van der Waals surface area contributed by atoms with Crippen LogP contribution in [-0.4, -0.2) is 4.98 Å². The summed E-state index contributed by atoms with van der Waals surface area (Å²) in [6.07, 6.45) is -3.45. The molecule has 1 aromatic heterocycles. The van der Waals surface area contributed by atoms with Crippen LogP contribution in [0.1, 0.15) is 21.5 Å². The Morgan fingerprint density at radius 1 is 1.32 bits per heavy atom. The predicted molar refractivity (Wildman–Crippen MR) is 64.6 cm³/mol. The number of thiazole rings is 1. The smallest absolute Gasteiger partial charge is 0.320 e. The van der Waals surface area contributed by atoms with Gasteiger partial charge in [-0.2, -0.15) is 13.2 Å². The summed E-state index contributed by atoms with van der Waals surface area (Å²) in [5.41, 5.74) is 6.17. The quantitative estimate of drug-likeness (QED) is 0.851. The van der Waals surface area contributed by atoms with Crippen molar-refractivity contribution in [2.45, 2.75) is 12.2 Å². The van der Waals surface area contributed by atoms with Gasteiger partial charge in [0.05, 0.1) is 6.04 Å². The first kappa shape index (κ1) is 14.2. The normalized spacial score (nSPS) is 13.6. The maximum Gasteiger partial charge on any atom is 0.443 e. The molecule has 2 nitrogen and oxygen atoms in total. The Balaban J connectivity index is 2.34. The topological polar surface area (TPSA) is 38.9 Å². The van der Waals surface area contributed by atoms with Crippen molar-refractivity contribution in [2.24, 2.45) is 5.73 Å². The molecule has 0 saturated carbocycles. The second-order valence-electron chi connectivity index (χ2n) is 3.71. The second kappa shape index (κ2) is 5.07. The third-order valence-electron chi connectivity index (χ3n) is 2.37. The maximum atomic E-state index is 12.9. The van der Waals surface area contributed by atoms with Crippen molar-refractivity contribution in [3.05, 3.63) is 50.7 Å². The van der Waals surface area contributed by atoms with E-state index in [1.807, 2.05) is 0 Å². The van der Waals surface area contributed by atoms with Crippen LogP contribution in [0.4, 0.5) is 17.6 Å². The number of hydrogen-bond donors (Lipinski definition) is 1. The minimum absolute atomic E-state index is 0.0643. The molecule has 1 atom stereocenters. The first-order chi connectivity index (χ1) is 8.79. The number of aromatic nitrogens is 1. The standard InChI is InChI=1S/C11H7ClF4N2S/c12-7-3-5(13)1-2-6(7)9(17)8-4-18-10(19-8)11(14,15)16/h1-4,9H,17H2. The number of benzene rings is 1. The maximum absolute atomic E-state index is 12.9. The molecule has 2 N–H and O–H groups in total. The van der Waals surface area contributed by atoms with Crippen LogP contribution in [0.5, 0.6) is 0 Å². The lowest BCUT2D eigenvalue weighted by Crippen LogP contribution is -2.11. The third kappa shape index (κ3) is 3.05. The van der Waals surface area contributed by atoms with Gasteiger partial charge in [-0.15, -0.1) is 11.3 Å². The Hall–Kier alpha value is -1.18. The molecule has 0 spiro atoms. The molecule has 102 valence electrons. The first-order valence-electron chi connectivity index (χ1n) is 5.02. The Kier molecular flexibility index (Phi) is 3.80. The van der Waals surface area contributed by atoms with Crippen LogP contribution in [0.2, 0.25) is 5.02 Å². The Morgan fingerprint density at radius 2 is 2.00 bits per heavy atom. The molecule has 8 heteroatoms. The summed E-state index contributed by atoms with van der Waals surface area (Å²) in [7, 11) is 0. The summed E-state index contributed by atoms with van der Waals surface area (Å²) in [6, 6.07) is 2.67.